The molecule has 0 saturated carbocycles. The van der Waals surface area contributed by atoms with E-state index in [4.69, 9.17) is 23.2 Å². The highest BCUT2D eigenvalue weighted by Gasteiger charge is 2.25. The van der Waals surface area contributed by atoms with E-state index in [1.165, 1.54) is 0 Å². The van der Waals surface area contributed by atoms with Gasteiger partial charge in [0.05, 0.1) is 0 Å². The Morgan fingerprint density at radius 2 is 1.21 bits per heavy atom. The topological polar surface area (TPSA) is 17.1 Å². The fourth-order valence-electron chi connectivity index (χ4n) is 2.09. The number of hydrogen-bond donors (Lipinski definition) is 0. The number of halogens is 2. The van der Waals surface area contributed by atoms with E-state index < -0.39 is 7.14 Å². The van der Waals surface area contributed by atoms with Gasteiger partial charge in [0.2, 0.25) is 0 Å². The van der Waals surface area contributed by atoms with E-state index in [1.54, 1.807) is 24.3 Å². The van der Waals surface area contributed by atoms with Crippen LogP contribution in [0.2, 0.25) is 10.0 Å². The summed E-state index contributed by atoms with van der Waals surface area (Å²) < 4.78 is 13.4. The first-order valence-electron chi connectivity index (χ1n) is 6.17. The third-order valence-corrected chi connectivity index (χ3v) is 6.87. The summed E-state index contributed by atoms with van der Waals surface area (Å²) in [5.41, 5.74) is 0. The molecule has 0 atom stereocenters. The molecule has 4 heteroatoms. The Morgan fingerprint density at radius 1 is 0.842 bits per heavy atom. The number of hydrogen-bond acceptors (Lipinski definition) is 1. The highest BCUT2D eigenvalue weighted by atomic mass is 35.5. The molecular formula is C15H15Cl2OP. The van der Waals surface area contributed by atoms with Gasteiger partial charge in [-0.05, 0) is 55.0 Å². The Labute approximate surface area is 123 Å². The lowest BCUT2D eigenvalue weighted by Crippen LogP contribution is -2.18. The van der Waals surface area contributed by atoms with Gasteiger partial charge in [0.15, 0.2) is 0 Å². The minimum Gasteiger partial charge on any atom is -0.314 e. The highest BCUT2D eigenvalue weighted by Crippen LogP contribution is 2.44. The second kappa shape index (κ2) is 6.13. The van der Waals surface area contributed by atoms with Crippen molar-refractivity contribution in [2.24, 2.45) is 0 Å². The second-order valence-electron chi connectivity index (χ2n) is 4.42. The van der Waals surface area contributed by atoms with Crippen molar-refractivity contribution in [1.29, 1.82) is 0 Å². The van der Waals surface area contributed by atoms with Gasteiger partial charge >= 0.3 is 0 Å². The molecule has 0 spiro atoms. The normalized spacial score (nSPS) is 11.5. The molecule has 0 aliphatic rings. The molecule has 0 aliphatic heterocycles. The Balaban J connectivity index is 2.51. The van der Waals surface area contributed by atoms with Gasteiger partial charge in [0, 0.05) is 26.8 Å². The zero-order valence-electron chi connectivity index (χ0n) is 10.6. The number of benzene rings is 2. The van der Waals surface area contributed by atoms with Crippen LogP contribution in [0, 0.1) is 0 Å². The Morgan fingerprint density at radius 3 is 1.53 bits per heavy atom. The molecule has 0 aliphatic carbocycles. The monoisotopic (exact) mass is 312 g/mol. The maximum atomic E-state index is 13.4. The van der Waals surface area contributed by atoms with Gasteiger partial charge in [-0.3, -0.25) is 0 Å². The molecule has 0 saturated heterocycles. The molecule has 0 N–H and O–H groups in total. The summed E-state index contributed by atoms with van der Waals surface area (Å²) in [6.07, 6.45) is 1.51. The second-order valence-corrected chi connectivity index (χ2v) is 8.25. The molecule has 1 nitrogen and oxygen atoms in total. The summed E-state index contributed by atoms with van der Waals surface area (Å²) in [5.74, 6) is 0. The maximum absolute atomic E-state index is 13.4. The van der Waals surface area contributed by atoms with Gasteiger partial charge < -0.3 is 4.57 Å². The van der Waals surface area contributed by atoms with Gasteiger partial charge in [-0.15, -0.1) is 0 Å². The van der Waals surface area contributed by atoms with Crippen LogP contribution in [0.25, 0.3) is 0 Å². The first kappa shape index (κ1) is 14.7. The third kappa shape index (κ3) is 3.23. The lowest BCUT2D eigenvalue weighted by Gasteiger charge is -2.18. The molecular weight excluding hydrogens is 298 g/mol. The highest BCUT2D eigenvalue weighted by molar-refractivity contribution is 7.78. The van der Waals surface area contributed by atoms with Crippen LogP contribution in [0.1, 0.15) is 13.3 Å². The summed E-state index contributed by atoms with van der Waals surface area (Å²) in [6.45, 7) is 2.04. The first-order chi connectivity index (χ1) is 9.06. The van der Waals surface area contributed by atoms with Crippen LogP contribution in [-0.4, -0.2) is 6.16 Å². The maximum Gasteiger partial charge on any atom is 0.143 e. The summed E-state index contributed by atoms with van der Waals surface area (Å²) in [6, 6.07) is 14.6. The molecule has 0 bridgehead atoms. The molecule has 0 radical (unpaired) electrons. The largest absolute Gasteiger partial charge is 0.314 e. The zero-order valence-corrected chi connectivity index (χ0v) is 13.1. The molecule has 0 aromatic heterocycles. The molecule has 2 aromatic carbocycles. The summed E-state index contributed by atoms with van der Waals surface area (Å²) in [7, 11) is -2.58. The molecule has 19 heavy (non-hydrogen) atoms. The molecule has 0 amide bonds. The fraction of sp³-hybridized carbons (Fsp3) is 0.200. The van der Waals surface area contributed by atoms with Crippen LogP contribution in [0.5, 0.6) is 0 Å². The summed E-state index contributed by atoms with van der Waals surface area (Å²) in [4.78, 5) is 0. The Hall–Kier alpha value is -0.750. The van der Waals surface area contributed by atoms with Gasteiger partial charge in [-0.25, -0.2) is 0 Å². The first-order valence-corrected chi connectivity index (χ1v) is 8.82. The van der Waals surface area contributed by atoms with E-state index in [1.807, 2.05) is 31.2 Å². The van der Waals surface area contributed by atoms with Crippen molar-refractivity contribution in [3.8, 4) is 0 Å². The van der Waals surface area contributed by atoms with Gasteiger partial charge in [-0.2, -0.15) is 0 Å². The third-order valence-electron chi connectivity index (χ3n) is 3.03. The average molecular weight is 313 g/mol. The van der Waals surface area contributed by atoms with E-state index >= 15 is 0 Å². The Bertz CT molecular complexity index is 541. The average Bonchev–Trinajstić information content (AvgIpc) is 2.40. The van der Waals surface area contributed by atoms with Gasteiger partial charge in [0.25, 0.3) is 0 Å². The fourth-order valence-corrected chi connectivity index (χ4v) is 5.04. The minimum absolute atomic E-state index is 0.649. The number of rotatable bonds is 4. The lowest BCUT2D eigenvalue weighted by atomic mass is 10.4. The van der Waals surface area contributed by atoms with E-state index in [0.717, 1.165) is 17.0 Å². The van der Waals surface area contributed by atoms with Crippen LogP contribution in [0.3, 0.4) is 0 Å². The van der Waals surface area contributed by atoms with Crippen molar-refractivity contribution in [2.75, 3.05) is 6.16 Å². The van der Waals surface area contributed by atoms with Crippen LogP contribution < -0.4 is 10.6 Å². The lowest BCUT2D eigenvalue weighted by molar-refractivity contribution is 0.586. The van der Waals surface area contributed by atoms with E-state index in [0.29, 0.717) is 16.2 Å². The van der Waals surface area contributed by atoms with E-state index in [2.05, 4.69) is 0 Å². The van der Waals surface area contributed by atoms with E-state index in [9.17, 15) is 4.57 Å². The van der Waals surface area contributed by atoms with Crippen LogP contribution in [-0.2, 0) is 4.57 Å². The van der Waals surface area contributed by atoms with Crippen molar-refractivity contribution in [2.45, 2.75) is 13.3 Å². The quantitative estimate of drug-likeness (QED) is 0.747. The van der Waals surface area contributed by atoms with E-state index in [-0.39, 0.29) is 0 Å². The standard InChI is InChI=1S/C15H15Cl2OP/c1-2-11-19(18,14-7-3-12(16)4-8-14)15-9-5-13(17)6-10-15/h3-10H,2,11H2,1H3. The predicted octanol–water partition coefficient (Wildman–Crippen LogP) is 4.72. The molecule has 2 rings (SSSR count). The predicted molar refractivity (Wildman–Crippen MR) is 84.9 cm³/mol. The zero-order chi connectivity index (χ0) is 13.9. The van der Waals surface area contributed by atoms with Crippen LogP contribution in [0.15, 0.2) is 48.5 Å². The van der Waals surface area contributed by atoms with Crippen molar-refractivity contribution < 1.29 is 4.57 Å². The van der Waals surface area contributed by atoms with Gasteiger partial charge in [-0.1, -0.05) is 30.1 Å². The molecule has 0 unspecified atom stereocenters. The molecule has 0 heterocycles. The smallest absolute Gasteiger partial charge is 0.143 e. The van der Waals surface area contributed by atoms with Crippen molar-refractivity contribution >= 4 is 41.0 Å². The summed E-state index contributed by atoms with van der Waals surface area (Å²) >= 11 is 11.8. The summed E-state index contributed by atoms with van der Waals surface area (Å²) in [5, 5.41) is 3.01. The van der Waals surface area contributed by atoms with Crippen molar-refractivity contribution in [3.63, 3.8) is 0 Å². The minimum atomic E-state index is -2.58. The molecule has 0 fully saturated rings. The SMILES string of the molecule is CCCP(=O)(c1ccc(Cl)cc1)c1ccc(Cl)cc1. The van der Waals surface area contributed by atoms with Crippen molar-refractivity contribution in [1.82, 2.24) is 0 Å². The Kier molecular flexibility index (Phi) is 4.73. The van der Waals surface area contributed by atoms with Gasteiger partial charge in [0.1, 0.15) is 7.14 Å². The molecule has 100 valence electrons. The van der Waals surface area contributed by atoms with Crippen LogP contribution in [0.4, 0.5) is 0 Å². The van der Waals surface area contributed by atoms with Crippen molar-refractivity contribution in [3.05, 3.63) is 58.6 Å². The molecule has 2 aromatic rings. The van der Waals surface area contributed by atoms with Crippen LogP contribution >= 0.6 is 30.3 Å².